The number of rotatable bonds is 5. The summed E-state index contributed by atoms with van der Waals surface area (Å²) in [6, 6.07) is 12.0. The number of hydrogen-bond acceptors (Lipinski definition) is 4. The van der Waals surface area contributed by atoms with Crippen LogP contribution < -0.4 is 10.6 Å². The van der Waals surface area contributed by atoms with Crippen LogP contribution in [0.1, 0.15) is 11.3 Å². The van der Waals surface area contributed by atoms with Gasteiger partial charge in [0.25, 0.3) is 0 Å². The Kier molecular flexibility index (Phi) is 4.76. The number of pyridine rings is 2. The van der Waals surface area contributed by atoms with Crippen molar-refractivity contribution >= 4 is 38.3 Å². The highest BCUT2D eigenvalue weighted by Crippen LogP contribution is 2.29. The molecule has 0 aliphatic carbocycles. The molecule has 23 heavy (non-hydrogen) atoms. The molecule has 0 amide bonds. The van der Waals surface area contributed by atoms with Crippen LogP contribution in [0, 0.1) is 13.8 Å². The van der Waals surface area contributed by atoms with Crippen molar-refractivity contribution in [3.63, 3.8) is 0 Å². The lowest BCUT2D eigenvalue weighted by molar-refractivity contribution is 1.05. The van der Waals surface area contributed by atoms with Crippen LogP contribution in [0.25, 0.3) is 10.9 Å². The maximum absolute atomic E-state index is 4.67. The van der Waals surface area contributed by atoms with Gasteiger partial charge in [0.2, 0.25) is 0 Å². The van der Waals surface area contributed by atoms with Gasteiger partial charge >= 0.3 is 0 Å². The number of nitrogens with zero attached hydrogens (tertiary/aromatic N) is 2. The highest BCUT2D eigenvalue weighted by atomic mass is 79.9. The van der Waals surface area contributed by atoms with Crippen molar-refractivity contribution in [1.82, 2.24) is 9.97 Å². The standard InChI is InChI=1S/C18H19BrN4/c1-12-13(2)23-16-7-6-14(19)11-15(16)18(12)22-10-9-21-17-5-3-4-8-20-17/h3-8,11H,9-10H2,1-2H3,(H,20,21)(H,22,23). The van der Waals surface area contributed by atoms with E-state index in [1.54, 1.807) is 6.20 Å². The molecule has 5 heteroatoms. The van der Waals surface area contributed by atoms with Crippen LogP contribution in [0.2, 0.25) is 0 Å². The quantitative estimate of drug-likeness (QED) is 0.647. The van der Waals surface area contributed by atoms with E-state index in [-0.39, 0.29) is 0 Å². The van der Waals surface area contributed by atoms with E-state index in [2.05, 4.69) is 49.5 Å². The number of hydrogen-bond donors (Lipinski definition) is 2. The summed E-state index contributed by atoms with van der Waals surface area (Å²) in [6.07, 6.45) is 1.79. The van der Waals surface area contributed by atoms with Crippen molar-refractivity contribution in [3.8, 4) is 0 Å². The van der Waals surface area contributed by atoms with Crippen LogP contribution in [0.3, 0.4) is 0 Å². The Morgan fingerprint density at radius 1 is 1.04 bits per heavy atom. The van der Waals surface area contributed by atoms with E-state index < -0.39 is 0 Å². The third-order valence-electron chi connectivity index (χ3n) is 3.83. The SMILES string of the molecule is Cc1nc2ccc(Br)cc2c(NCCNc2ccccn2)c1C. The third kappa shape index (κ3) is 3.62. The minimum absolute atomic E-state index is 0.799. The van der Waals surface area contributed by atoms with Crippen LogP contribution in [0.4, 0.5) is 11.5 Å². The van der Waals surface area contributed by atoms with Gasteiger partial charge in [0.05, 0.1) is 5.52 Å². The summed E-state index contributed by atoms with van der Waals surface area (Å²) in [7, 11) is 0. The minimum atomic E-state index is 0.799. The Balaban J connectivity index is 1.76. The molecule has 3 rings (SSSR count). The second-order valence-electron chi connectivity index (χ2n) is 5.43. The van der Waals surface area contributed by atoms with Gasteiger partial charge in [0, 0.05) is 40.5 Å². The average molecular weight is 371 g/mol. The fraction of sp³-hybridized carbons (Fsp3) is 0.222. The first-order chi connectivity index (χ1) is 11.1. The number of halogens is 1. The van der Waals surface area contributed by atoms with Gasteiger partial charge in [-0.05, 0) is 49.7 Å². The number of benzene rings is 1. The minimum Gasteiger partial charge on any atom is -0.382 e. The fourth-order valence-corrected chi connectivity index (χ4v) is 2.89. The normalized spacial score (nSPS) is 10.7. The molecule has 2 aromatic heterocycles. The van der Waals surface area contributed by atoms with E-state index in [0.29, 0.717) is 0 Å². The third-order valence-corrected chi connectivity index (χ3v) is 4.32. The van der Waals surface area contributed by atoms with Crippen LogP contribution >= 0.6 is 15.9 Å². The summed E-state index contributed by atoms with van der Waals surface area (Å²) < 4.78 is 1.06. The molecule has 0 aliphatic heterocycles. The van der Waals surface area contributed by atoms with Crippen molar-refractivity contribution in [1.29, 1.82) is 0 Å². The smallest absolute Gasteiger partial charge is 0.125 e. The number of anilines is 2. The highest BCUT2D eigenvalue weighted by molar-refractivity contribution is 9.10. The summed E-state index contributed by atoms with van der Waals surface area (Å²) in [6.45, 7) is 5.77. The molecular weight excluding hydrogens is 352 g/mol. The van der Waals surface area contributed by atoms with Gasteiger partial charge in [-0.2, -0.15) is 0 Å². The lowest BCUT2D eigenvalue weighted by atomic mass is 10.1. The highest BCUT2D eigenvalue weighted by Gasteiger charge is 2.09. The molecular formula is C18H19BrN4. The summed E-state index contributed by atoms with van der Waals surface area (Å²) in [5.41, 5.74) is 4.40. The second-order valence-corrected chi connectivity index (χ2v) is 6.34. The van der Waals surface area contributed by atoms with Crippen molar-refractivity contribution in [3.05, 3.63) is 58.3 Å². The van der Waals surface area contributed by atoms with Crippen LogP contribution in [0.5, 0.6) is 0 Å². The van der Waals surface area contributed by atoms with Gasteiger partial charge in [0.15, 0.2) is 0 Å². The Morgan fingerprint density at radius 2 is 1.87 bits per heavy atom. The van der Waals surface area contributed by atoms with E-state index in [1.165, 1.54) is 5.56 Å². The second kappa shape index (κ2) is 6.96. The van der Waals surface area contributed by atoms with Crippen molar-refractivity contribution in [2.24, 2.45) is 0 Å². The summed E-state index contributed by atoms with van der Waals surface area (Å²) in [4.78, 5) is 8.93. The average Bonchev–Trinajstić information content (AvgIpc) is 2.56. The predicted octanol–water partition coefficient (Wildman–Crippen LogP) is 4.53. The van der Waals surface area contributed by atoms with E-state index in [4.69, 9.17) is 0 Å². The summed E-state index contributed by atoms with van der Waals surface area (Å²) in [5.74, 6) is 0.893. The van der Waals surface area contributed by atoms with Crippen molar-refractivity contribution in [2.45, 2.75) is 13.8 Å². The van der Waals surface area contributed by atoms with Crippen LogP contribution in [-0.4, -0.2) is 23.1 Å². The molecule has 0 radical (unpaired) electrons. The zero-order valence-corrected chi connectivity index (χ0v) is 14.8. The number of nitrogens with one attached hydrogen (secondary N) is 2. The molecule has 0 saturated heterocycles. The molecule has 0 aliphatic rings. The van der Waals surface area contributed by atoms with Gasteiger partial charge in [-0.1, -0.05) is 22.0 Å². The zero-order valence-electron chi connectivity index (χ0n) is 13.2. The molecule has 2 N–H and O–H groups in total. The number of aryl methyl sites for hydroxylation is 1. The van der Waals surface area contributed by atoms with Crippen molar-refractivity contribution < 1.29 is 0 Å². The first-order valence-electron chi connectivity index (χ1n) is 7.60. The summed E-state index contributed by atoms with van der Waals surface area (Å²) in [5, 5.41) is 7.99. The molecule has 2 heterocycles. The summed E-state index contributed by atoms with van der Waals surface area (Å²) >= 11 is 3.55. The maximum Gasteiger partial charge on any atom is 0.125 e. The molecule has 118 valence electrons. The largest absolute Gasteiger partial charge is 0.382 e. The number of aromatic nitrogens is 2. The molecule has 0 fully saturated rings. The van der Waals surface area contributed by atoms with Gasteiger partial charge in [-0.25, -0.2) is 4.98 Å². The van der Waals surface area contributed by atoms with Gasteiger partial charge in [-0.3, -0.25) is 4.98 Å². The molecule has 3 aromatic rings. The number of fused-ring (bicyclic) bond motifs is 1. The maximum atomic E-state index is 4.67. The lowest BCUT2D eigenvalue weighted by Gasteiger charge is -2.15. The van der Waals surface area contributed by atoms with Gasteiger partial charge in [-0.15, -0.1) is 0 Å². The molecule has 0 spiro atoms. The Hall–Kier alpha value is -2.14. The van der Waals surface area contributed by atoms with E-state index in [1.807, 2.05) is 37.3 Å². The van der Waals surface area contributed by atoms with E-state index in [0.717, 1.165) is 45.7 Å². The Labute approximate surface area is 144 Å². The van der Waals surface area contributed by atoms with Crippen LogP contribution in [0.15, 0.2) is 47.1 Å². The molecule has 4 nitrogen and oxygen atoms in total. The molecule has 0 atom stereocenters. The Bertz CT molecular complexity index is 818. The molecule has 0 saturated carbocycles. The molecule has 0 unspecified atom stereocenters. The van der Waals surface area contributed by atoms with Gasteiger partial charge in [0.1, 0.15) is 5.82 Å². The van der Waals surface area contributed by atoms with E-state index >= 15 is 0 Å². The monoisotopic (exact) mass is 370 g/mol. The van der Waals surface area contributed by atoms with Crippen LogP contribution in [-0.2, 0) is 0 Å². The first-order valence-corrected chi connectivity index (χ1v) is 8.39. The Morgan fingerprint density at radius 3 is 2.65 bits per heavy atom. The topological polar surface area (TPSA) is 49.8 Å². The molecule has 0 bridgehead atoms. The van der Waals surface area contributed by atoms with E-state index in [9.17, 15) is 0 Å². The van der Waals surface area contributed by atoms with Gasteiger partial charge < -0.3 is 10.6 Å². The first kappa shape index (κ1) is 15.7. The predicted molar refractivity (Wildman–Crippen MR) is 100 cm³/mol. The van der Waals surface area contributed by atoms with Crippen molar-refractivity contribution in [2.75, 3.05) is 23.7 Å². The lowest BCUT2D eigenvalue weighted by Crippen LogP contribution is -2.15. The molecule has 1 aromatic carbocycles. The fourth-order valence-electron chi connectivity index (χ4n) is 2.53. The zero-order chi connectivity index (χ0) is 16.2.